The molecule has 1 heterocycles. The lowest BCUT2D eigenvalue weighted by molar-refractivity contribution is 0.0953. The number of rotatable bonds is 6. The molecule has 8 heteroatoms. The van der Waals surface area contributed by atoms with Crippen LogP contribution in [0.15, 0.2) is 47.4 Å². The lowest BCUT2D eigenvalue weighted by atomic mass is 10.1. The number of hydrogen-bond donors (Lipinski definition) is 3. The van der Waals surface area contributed by atoms with E-state index < -0.39 is 10.0 Å². The van der Waals surface area contributed by atoms with Gasteiger partial charge in [0.05, 0.1) is 15.9 Å². The number of fused-ring (bicyclic) bond motifs is 1. The fraction of sp³-hybridized carbons (Fsp3) is 0.222. The molecule has 3 rings (SSSR count). The summed E-state index contributed by atoms with van der Waals surface area (Å²) in [5, 5.41) is 2.82. The Balaban J connectivity index is 1.69. The first-order valence-corrected chi connectivity index (χ1v) is 9.65. The number of aromatic nitrogens is 2. The maximum Gasteiger partial charge on any atom is 0.251 e. The van der Waals surface area contributed by atoms with E-state index in [9.17, 15) is 13.2 Å². The number of nitrogens with one attached hydrogen (secondary N) is 3. The molecule has 0 atom stereocenters. The van der Waals surface area contributed by atoms with Crippen molar-refractivity contribution in [2.75, 3.05) is 13.6 Å². The van der Waals surface area contributed by atoms with E-state index in [1.165, 1.54) is 19.2 Å². The van der Waals surface area contributed by atoms with Crippen molar-refractivity contribution in [1.82, 2.24) is 20.0 Å². The molecule has 136 valence electrons. The number of nitrogens with zero attached hydrogens (tertiary/aromatic N) is 1. The molecular formula is C18H20N4O3S. The van der Waals surface area contributed by atoms with Crippen LogP contribution in [0.25, 0.3) is 11.0 Å². The van der Waals surface area contributed by atoms with Crippen LogP contribution in [0.5, 0.6) is 0 Å². The molecule has 2 aromatic carbocycles. The number of sulfonamides is 1. The van der Waals surface area contributed by atoms with Gasteiger partial charge in [0.25, 0.3) is 5.91 Å². The van der Waals surface area contributed by atoms with Crippen molar-refractivity contribution in [1.29, 1.82) is 0 Å². The van der Waals surface area contributed by atoms with Crippen LogP contribution in [0.2, 0.25) is 0 Å². The van der Waals surface area contributed by atoms with Crippen molar-refractivity contribution in [2.24, 2.45) is 0 Å². The second kappa shape index (κ2) is 7.27. The zero-order valence-corrected chi connectivity index (χ0v) is 15.4. The Labute approximate surface area is 151 Å². The van der Waals surface area contributed by atoms with Gasteiger partial charge in [-0.25, -0.2) is 18.1 Å². The van der Waals surface area contributed by atoms with Crippen LogP contribution in [-0.4, -0.2) is 37.9 Å². The van der Waals surface area contributed by atoms with Crippen molar-refractivity contribution >= 4 is 27.0 Å². The molecule has 3 aromatic rings. The van der Waals surface area contributed by atoms with Gasteiger partial charge < -0.3 is 10.3 Å². The van der Waals surface area contributed by atoms with E-state index in [2.05, 4.69) is 20.0 Å². The SMILES string of the molecule is CNS(=O)(=O)c1ccc(C)c(C(=O)NCCc2nc3ccccc3[nH]2)c1. The molecule has 0 aliphatic rings. The van der Waals surface area contributed by atoms with Crippen molar-refractivity contribution in [3.63, 3.8) is 0 Å². The number of aromatic amines is 1. The van der Waals surface area contributed by atoms with Crippen molar-refractivity contribution in [2.45, 2.75) is 18.2 Å². The Kier molecular flexibility index (Phi) is 5.06. The predicted molar refractivity (Wildman–Crippen MR) is 99.6 cm³/mol. The molecule has 0 aliphatic carbocycles. The largest absolute Gasteiger partial charge is 0.352 e. The van der Waals surface area contributed by atoms with Gasteiger partial charge in [-0.1, -0.05) is 18.2 Å². The van der Waals surface area contributed by atoms with E-state index in [-0.39, 0.29) is 10.8 Å². The van der Waals surface area contributed by atoms with Crippen LogP contribution in [0.3, 0.4) is 0 Å². The van der Waals surface area contributed by atoms with Crippen LogP contribution < -0.4 is 10.0 Å². The molecule has 0 radical (unpaired) electrons. The number of carbonyl (C=O) groups excluding carboxylic acids is 1. The van der Waals surface area contributed by atoms with E-state index >= 15 is 0 Å². The Bertz CT molecular complexity index is 1020. The fourth-order valence-corrected chi connectivity index (χ4v) is 3.40. The third-order valence-corrected chi connectivity index (χ3v) is 5.53. The number of para-hydroxylation sites is 2. The molecule has 0 unspecified atom stereocenters. The standard InChI is InChI=1S/C18H20N4O3S/c1-12-7-8-13(26(24,25)19-2)11-14(12)18(23)20-10-9-17-21-15-5-3-4-6-16(15)22-17/h3-8,11,19H,9-10H2,1-2H3,(H,20,23)(H,21,22). The molecule has 1 amide bonds. The van der Waals surface area contributed by atoms with Crippen LogP contribution >= 0.6 is 0 Å². The minimum absolute atomic E-state index is 0.0630. The maximum absolute atomic E-state index is 12.4. The van der Waals surface area contributed by atoms with Crippen molar-refractivity contribution in [3.05, 3.63) is 59.4 Å². The number of hydrogen-bond acceptors (Lipinski definition) is 4. The zero-order valence-electron chi connectivity index (χ0n) is 14.5. The summed E-state index contributed by atoms with van der Waals surface area (Å²) < 4.78 is 26.1. The van der Waals surface area contributed by atoms with Gasteiger partial charge in [-0.05, 0) is 43.8 Å². The Morgan fingerprint density at radius 3 is 2.69 bits per heavy atom. The molecule has 0 fully saturated rings. The topological polar surface area (TPSA) is 104 Å². The Morgan fingerprint density at radius 2 is 1.96 bits per heavy atom. The molecule has 3 N–H and O–H groups in total. The number of H-pyrrole nitrogens is 1. The Morgan fingerprint density at radius 1 is 1.19 bits per heavy atom. The third-order valence-electron chi connectivity index (χ3n) is 4.12. The van der Waals surface area contributed by atoms with Crippen LogP contribution in [0.4, 0.5) is 0 Å². The molecule has 0 bridgehead atoms. The quantitative estimate of drug-likeness (QED) is 0.613. The first-order valence-electron chi connectivity index (χ1n) is 8.17. The number of benzene rings is 2. The highest BCUT2D eigenvalue weighted by atomic mass is 32.2. The molecule has 0 saturated heterocycles. The molecule has 1 aromatic heterocycles. The molecule has 0 aliphatic heterocycles. The van der Waals surface area contributed by atoms with Gasteiger partial charge in [0, 0.05) is 18.5 Å². The van der Waals surface area contributed by atoms with E-state index in [0.29, 0.717) is 24.1 Å². The van der Waals surface area contributed by atoms with E-state index in [1.54, 1.807) is 13.0 Å². The second-order valence-electron chi connectivity index (χ2n) is 5.89. The number of amides is 1. The first kappa shape index (κ1) is 18.1. The molecule has 0 saturated carbocycles. The third kappa shape index (κ3) is 3.76. The van der Waals surface area contributed by atoms with E-state index in [0.717, 1.165) is 16.9 Å². The number of imidazole rings is 1. The van der Waals surface area contributed by atoms with Gasteiger partial charge in [0.1, 0.15) is 5.82 Å². The summed E-state index contributed by atoms with van der Waals surface area (Å²) in [6.45, 7) is 2.16. The second-order valence-corrected chi connectivity index (χ2v) is 7.78. The first-order chi connectivity index (χ1) is 12.4. The van der Waals surface area contributed by atoms with Crippen LogP contribution in [-0.2, 0) is 16.4 Å². The summed E-state index contributed by atoms with van der Waals surface area (Å²) in [7, 11) is -2.26. The van der Waals surface area contributed by atoms with Crippen molar-refractivity contribution < 1.29 is 13.2 Å². The van der Waals surface area contributed by atoms with Gasteiger partial charge in [-0.3, -0.25) is 4.79 Å². The van der Waals surface area contributed by atoms with Gasteiger partial charge in [0.15, 0.2) is 0 Å². The zero-order chi connectivity index (χ0) is 18.7. The molecule has 26 heavy (non-hydrogen) atoms. The lowest BCUT2D eigenvalue weighted by Gasteiger charge is -2.09. The molecule has 7 nitrogen and oxygen atoms in total. The fourth-order valence-electron chi connectivity index (χ4n) is 2.64. The smallest absolute Gasteiger partial charge is 0.251 e. The van der Waals surface area contributed by atoms with E-state index in [1.807, 2.05) is 24.3 Å². The monoisotopic (exact) mass is 372 g/mol. The minimum Gasteiger partial charge on any atom is -0.352 e. The highest BCUT2D eigenvalue weighted by molar-refractivity contribution is 7.89. The summed E-state index contributed by atoms with van der Waals surface area (Å²) in [4.78, 5) is 20.2. The summed E-state index contributed by atoms with van der Waals surface area (Å²) in [6, 6.07) is 12.2. The van der Waals surface area contributed by atoms with Crippen LogP contribution in [0.1, 0.15) is 21.7 Å². The summed E-state index contributed by atoms with van der Waals surface area (Å²) in [5.41, 5.74) is 2.89. The normalized spacial score (nSPS) is 11.6. The Hall–Kier alpha value is -2.71. The lowest BCUT2D eigenvalue weighted by Crippen LogP contribution is -2.27. The van der Waals surface area contributed by atoms with Gasteiger partial charge in [-0.2, -0.15) is 0 Å². The average Bonchev–Trinajstić information content (AvgIpc) is 3.04. The van der Waals surface area contributed by atoms with Gasteiger partial charge in [-0.15, -0.1) is 0 Å². The summed E-state index contributed by atoms with van der Waals surface area (Å²) in [5.74, 6) is 0.474. The highest BCUT2D eigenvalue weighted by Gasteiger charge is 2.16. The molecule has 0 spiro atoms. The van der Waals surface area contributed by atoms with Crippen molar-refractivity contribution in [3.8, 4) is 0 Å². The average molecular weight is 372 g/mol. The number of aryl methyl sites for hydroxylation is 1. The predicted octanol–water partition coefficient (Wildman–Crippen LogP) is 1.75. The van der Waals surface area contributed by atoms with Crippen LogP contribution in [0, 0.1) is 6.92 Å². The maximum atomic E-state index is 12.4. The van der Waals surface area contributed by atoms with Gasteiger partial charge >= 0.3 is 0 Å². The minimum atomic E-state index is -3.59. The van der Waals surface area contributed by atoms with E-state index in [4.69, 9.17) is 0 Å². The molecular weight excluding hydrogens is 352 g/mol. The number of carbonyl (C=O) groups is 1. The highest BCUT2D eigenvalue weighted by Crippen LogP contribution is 2.15. The summed E-state index contributed by atoms with van der Waals surface area (Å²) in [6.07, 6.45) is 0.550. The van der Waals surface area contributed by atoms with Gasteiger partial charge in [0.2, 0.25) is 10.0 Å². The summed E-state index contributed by atoms with van der Waals surface area (Å²) >= 11 is 0.